The van der Waals surface area contributed by atoms with E-state index in [4.69, 9.17) is 16.3 Å². The molecule has 1 aliphatic carbocycles. The summed E-state index contributed by atoms with van der Waals surface area (Å²) in [6.07, 6.45) is -1.24. The number of hydrogen-bond acceptors (Lipinski definition) is 6. The molecule has 1 heterocycles. The number of hydrogen-bond donors (Lipinski definition) is 1. The molecule has 1 aliphatic heterocycles. The van der Waals surface area contributed by atoms with E-state index in [1.54, 1.807) is 18.2 Å². The number of imide groups is 1. The van der Waals surface area contributed by atoms with Gasteiger partial charge in [0.1, 0.15) is 0 Å². The van der Waals surface area contributed by atoms with Gasteiger partial charge in [-0.05, 0) is 19.1 Å². The van der Waals surface area contributed by atoms with Gasteiger partial charge in [-0.1, -0.05) is 35.9 Å². The van der Waals surface area contributed by atoms with E-state index in [0.29, 0.717) is 6.54 Å². The topological polar surface area (TPSA) is 110 Å². The number of ether oxygens (including phenoxy) is 1. The summed E-state index contributed by atoms with van der Waals surface area (Å²) in [6.45, 7) is 1.83. The van der Waals surface area contributed by atoms with Crippen LogP contribution in [0.5, 0.6) is 0 Å². The van der Waals surface area contributed by atoms with Crippen molar-refractivity contribution >= 4 is 41.1 Å². The van der Waals surface area contributed by atoms with Crippen molar-refractivity contribution in [3.8, 4) is 0 Å². The predicted octanol–water partition coefficient (Wildman–Crippen LogP) is 2.21. The van der Waals surface area contributed by atoms with Gasteiger partial charge >= 0.3 is 12.0 Å². The molecule has 0 radical (unpaired) electrons. The van der Waals surface area contributed by atoms with Crippen molar-refractivity contribution in [2.45, 2.75) is 13.0 Å². The molecule has 2 aliphatic rings. The lowest BCUT2D eigenvalue weighted by Crippen LogP contribution is -2.41. The summed E-state index contributed by atoms with van der Waals surface area (Å²) >= 11 is 6.33. The summed E-state index contributed by atoms with van der Waals surface area (Å²) in [6, 6.07) is 8.41. The van der Waals surface area contributed by atoms with Crippen LogP contribution in [-0.2, 0) is 9.53 Å². The maximum atomic E-state index is 12.9. The van der Waals surface area contributed by atoms with Crippen LogP contribution < -0.4 is 5.32 Å². The molecule has 1 atom stereocenters. The number of halogens is 1. The van der Waals surface area contributed by atoms with Gasteiger partial charge in [0.2, 0.25) is 0 Å². The lowest BCUT2D eigenvalue weighted by atomic mass is 9.83. The molecule has 3 amide bonds. The van der Waals surface area contributed by atoms with Gasteiger partial charge in [-0.2, -0.15) is 0 Å². The first-order valence-corrected chi connectivity index (χ1v) is 9.50. The molecule has 0 aromatic heterocycles. The number of fused-ring (bicyclic) bond motifs is 2. The first-order chi connectivity index (χ1) is 14.3. The number of esters is 1. The Morgan fingerprint density at radius 3 is 2.33 bits per heavy atom. The van der Waals surface area contributed by atoms with Gasteiger partial charge in [0.05, 0.1) is 16.1 Å². The second-order valence-electron chi connectivity index (χ2n) is 6.82. The van der Waals surface area contributed by atoms with Crippen molar-refractivity contribution in [2.75, 3.05) is 13.1 Å². The minimum absolute atomic E-state index is 0.0762. The molecule has 8 nitrogen and oxygen atoms in total. The number of amides is 3. The van der Waals surface area contributed by atoms with Gasteiger partial charge in [-0.3, -0.25) is 19.3 Å². The smallest absolute Gasteiger partial charge is 0.340 e. The van der Waals surface area contributed by atoms with E-state index < -0.39 is 29.8 Å². The van der Waals surface area contributed by atoms with Gasteiger partial charge in [-0.15, -0.1) is 0 Å². The first-order valence-electron chi connectivity index (χ1n) is 9.12. The number of carbonyl (C=O) groups is 5. The van der Waals surface area contributed by atoms with Crippen molar-refractivity contribution in [3.05, 3.63) is 69.2 Å². The highest BCUT2D eigenvalue weighted by molar-refractivity contribution is 6.41. The largest absolute Gasteiger partial charge is 0.449 e. The number of nitrogens with one attached hydrogen (secondary N) is 1. The lowest BCUT2D eigenvalue weighted by molar-refractivity contribution is -0.136. The van der Waals surface area contributed by atoms with E-state index in [9.17, 15) is 24.0 Å². The zero-order valence-corrected chi connectivity index (χ0v) is 16.5. The normalized spacial score (nSPS) is 15.9. The maximum Gasteiger partial charge on any atom is 0.340 e. The highest BCUT2D eigenvalue weighted by Crippen LogP contribution is 2.34. The van der Waals surface area contributed by atoms with E-state index in [-0.39, 0.29) is 45.2 Å². The van der Waals surface area contributed by atoms with E-state index >= 15 is 0 Å². The second kappa shape index (κ2) is 7.38. The van der Waals surface area contributed by atoms with E-state index in [1.807, 2.05) is 0 Å². The van der Waals surface area contributed by atoms with Crippen molar-refractivity contribution in [2.24, 2.45) is 0 Å². The van der Waals surface area contributed by atoms with Crippen LogP contribution in [0.3, 0.4) is 0 Å². The van der Waals surface area contributed by atoms with Crippen molar-refractivity contribution in [1.29, 1.82) is 0 Å². The third-order valence-corrected chi connectivity index (χ3v) is 5.40. The van der Waals surface area contributed by atoms with Crippen molar-refractivity contribution in [3.63, 3.8) is 0 Å². The van der Waals surface area contributed by atoms with Gasteiger partial charge in [0.15, 0.2) is 17.7 Å². The fraction of sp³-hybridized carbons (Fsp3) is 0.190. The molecule has 2 aromatic rings. The van der Waals surface area contributed by atoms with Crippen LogP contribution in [-0.4, -0.2) is 53.6 Å². The second-order valence-corrected chi connectivity index (χ2v) is 7.20. The van der Waals surface area contributed by atoms with Crippen LogP contribution in [0.15, 0.2) is 36.4 Å². The molecular formula is C21H15ClN2O6. The molecule has 1 fully saturated rings. The highest BCUT2D eigenvalue weighted by atomic mass is 35.5. The summed E-state index contributed by atoms with van der Waals surface area (Å²) in [4.78, 5) is 63.1. The number of benzene rings is 2. The Labute approximate surface area is 175 Å². The number of rotatable bonds is 3. The molecule has 0 saturated carbocycles. The number of ketones is 2. The number of nitrogens with zero attached hydrogens (tertiary/aromatic N) is 1. The molecule has 4 rings (SSSR count). The molecule has 2 aromatic carbocycles. The van der Waals surface area contributed by atoms with E-state index in [2.05, 4.69) is 5.32 Å². The Bertz CT molecular complexity index is 1140. The van der Waals surface area contributed by atoms with Crippen LogP contribution in [0.25, 0.3) is 0 Å². The molecule has 1 N–H and O–H groups in total. The summed E-state index contributed by atoms with van der Waals surface area (Å²) in [5, 5.41) is 2.27. The Morgan fingerprint density at radius 2 is 1.70 bits per heavy atom. The highest BCUT2D eigenvalue weighted by Gasteiger charge is 2.35. The van der Waals surface area contributed by atoms with Crippen molar-refractivity contribution < 1.29 is 28.7 Å². The summed E-state index contributed by atoms with van der Waals surface area (Å²) in [5.41, 5.74) is 0.336. The minimum Gasteiger partial charge on any atom is -0.449 e. The van der Waals surface area contributed by atoms with Crippen LogP contribution in [0.1, 0.15) is 49.1 Å². The number of carbonyl (C=O) groups excluding carboxylic acids is 5. The summed E-state index contributed by atoms with van der Waals surface area (Å²) < 4.78 is 5.17. The quantitative estimate of drug-likeness (QED) is 0.643. The molecule has 0 bridgehead atoms. The molecular weight excluding hydrogens is 412 g/mol. The van der Waals surface area contributed by atoms with Crippen molar-refractivity contribution in [1.82, 2.24) is 10.2 Å². The maximum absolute atomic E-state index is 12.9. The first kappa shape index (κ1) is 19.8. The monoisotopic (exact) mass is 426 g/mol. The van der Waals surface area contributed by atoms with Gasteiger partial charge < -0.3 is 10.1 Å². The lowest BCUT2D eigenvalue weighted by Gasteiger charge is -2.21. The van der Waals surface area contributed by atoms with Crippen LogP contribution in [0.2, 0.25) is 5.02 Å². The fourth-order valence-corrected chi connectivity index (χ4v) is 3.81. The average molecular weight is 427 g/mol. The molecule has 9 heteroatoms. The third-order valence-electron chi connectivity index (χ3n) is 5.00. The fourth-order valence-electron chi connectivity index (χ4n) is 3.48. The van der Waals surface area contributed by atoms with Gasteiger partial charge in [0, 0.05) is 29.8 Å². The zero-order chi connectivity index (χ0) is 21.6. The molecule has 1 saturated heterocycles. The Hall–Kier alpha value is -3.52. The van der Waals surface area contributed by atoms with Crippen LogP contribution in [0, 0.1) is 0 Å². The Kier molecular flexibility index (Phi) is 4.87. The Morgan fingerprint density at radius 1 is 1.03 bits per heavy atom. The molecule has 0 spiro atoms. The van der Waals surface area contributed by atoms with Crippen LogP contribution in [0.4, 0.5) is 4.79 Å². The Balaban J connectivity index is 1.62. The minimum atomic E-state index is -1.24. The molecule has 152 valence electrons. The zero-order valence-electron chi connectivity index (χ0n) is 15.7. The molecule has 1 unspecified atom stereocenters. The van der Waals surface area contributed by atoms with E-state index in [1.165, 1.54) is 25.1 Å². The summed E-state index contributed by atoms with van der Waals surface area (Å²) in [5.74, 6) is -2.46. The third kappa shape index (κ3) is 3.05. The summed E-state index contributed by atoms with van der Waals surface area (Å²) in [7, 11) is 0. The van der Waals surface area contributed by atoms with Gasteiger partial charge in [0.25, 0.3) is 5.91 Å². The van der Waals surface area contributed by atoms with Crippen LogP contribution >= 0.6 is 11.6 Å². The predicted molar refractivity (Wildman–Crippen MR) is 105 cm³/mol. The molecule has 30 heavy (non-hydrogen) atoms. The van der Waals surface area contributed by atoms with Gasteiger partial charge in [-0.25, -0.2) is 9.59 Å². The number of urea groups is 1. The average Bonchev–Trinajstić information content (AvgIpc) is 3.16. The van der Waals surface area contributed by atoms with E-state index in [0.717, 1.165) is 4.90 Å². The standard InChI is InChI=1S/C21H15ClN2O6/c1-10(19(27)24-9-8-23-21(24)29)30-20(28)14-7-6-13-15(16(14)22)18(26)12-5-3-2-4-11(12)17(13)25/h2-7,10H,8-9H2,1H3,(H,23,29). The SMILES string of the molecule is CC(OC(=O)c1ccc2c(c1Cl)C(=O)c1ccccc1C2=O)C(=O)N1CCNC1=O.